The summed E-state index contributed by atoms with van der Waals surface area (Å²) in [6.07, 6.45) is 1.46. The van der Waals surface area contributed by atoms with E-state index in [0.717, 1.165) is 12.1 Å². The van der Waals surface area contributed by atoms with Crippen molar-refractivity contribution in [1.29, 1.82) is 0 Å². The third-order valence-electron chi connectivity index (χ3n) is 3.27. The van der Waals surface area contributed by atoms with Gasteiger partial charge >= 0.3 is 0 Å². The van der Waals surface area contributed by atoms with Crippen molar-refractivity contribution in [3.63, 3.8) is 0 Å². The van der Waals surface area contributed by atoms with Crippen LogP contribution >= 0.6 is 12.6 Å². The van der Waals surface area contributed by atoms with Crippen molar-refractivity contribution in [3.05, 3.63) is 29.3 Å². The minimum Gasteiger partial charge on any atom is -0.310 e. The van der Waals surface area contributed by atoms with Crippen LogP contribution in [0.4, 0.5) is 5.69 Å². The van der Waals surface area contributed by atoms with Crippen LogP contribution in [0.15, 0.2) is 18.2 Å². The highest BCUT2D eigenvalue weighted by molar-refractivity contribution is 7.80. The molecule has 17 heavy (non-hydrogen) atoms. The molecule has 1 amide bonds. The lowest BCUT2D eigenvalue weighted by Gasteiger charge is -2.34. The van der Waals surface area contributed by atoms with Crippen LogP contribution in [-0.4, -0.2) is 11.9 Å². The average molecular weight is 249 g/mol. The van der Waals surface area contributed by atoms with Gasteiger partial charge in [-0.15, -0.1) is 0 Å². The molecule has 3 heteroatoms. The van der Waals surface area contributed by atoms with Crippen LogP contribution in [0, 0.1) is 0 Å². The molecule has 0 bridgehead atoms. The minimum atomic E-state index is 0.215. The summed E-state index contributed by atoms with van der Waals surface area (Å²) in [7, 11) is 0. The molecule has 0 N–H and O–H groups in total. The second-order valence-electron chi connectivity index (χ2n) is 4.88. The van der Waals surface area contributed by atoms with Crippen LogP contribution in [0.2, 0.25) is 0 Å². The van der Waals surface area contributed by atoms with E-state index in [1.54, 1.807) is 0 Å². The zero-order valence-electron chi connectivity index (χ0n) is 10.6. The molecular formula is C14H19NOS. The van der Waals surface area contributed by atoms with Crippen molar-refractivity contribution in [1.82, 2.24) is 0 Å². The van der Waals surface area contributed by atoms with Gasteiger partial charge in [-0.1, -0.05) is 12.1 Å². The standard InChI is InChI=1S/C14H19NOS/c1-9(2)15-13-6-4-5-11(10(3)17)12(13)7-8-14(15)16/h4-6,9-10,17H,7-8H2,1-3H3. The second kappa shape index (κ2) is 4.73. The normalized spacial score (nSPS) is 17.2. The Bertz CT molecular complexity index is 440. The number of anilines is 1. The fraction of sp³-hybridized carbons (Fsp3) is 0.500. The number of carbonyl (C=O) groups is 1. The average Bonchev–Trinajstić information content (AvgIpc) is 2.26. The summed E-state index contributed by atoms with van der Waals surface area (Å²) in [5.74, 6) is 0.233. The molecule has 1 atom stereocenters. The number of rotatable bonds is 2. The minimum absolute atomic E-state index is 0.215. The van der Waals surface area contributed by atoms with Gasteiger partial charge in [0.05, 0.1) is 0 Å². The number of amides is 1. The van der Waals surface area contributed by atoms with Gasteiger partial charge in [0.15, 0.2) is 0 Å². The highest BCUT2D eigenvalue weighted by Gasteiger charge is 2.27. The molecule has 0 saturated heterocycles. The first-order valence-corrected chi connectivity index (χ1v) is 6.66. The highest BCUT2D eigenvalue weighted by Crippen LogP contribution is 2.35. The molecule has 2 rings (SSSR count). The molecule has 1 aromatic rings. The molecule has 1 unspecified atom stereocenters. The lowest BCUT2D eigenvalue weighted by molar-refractivity contribution is -0.119. The summed E-state index contributed by atoms with van der Waals surface area (Å²) in [5, 5.41) is 0.215. The zero-order valence-corrected chi connectivity index (χ0v) is 11.5. The third kappa shape index (κ3) is 2.21. The molecule has 1 heterocycles. The Kier molecular flexibility index (Phi) is 3.48. The first-order valence-electron chi connectivity index (χ1n) is 6.14. The molecule has 0 aliphatic carbocycles. The van der Waals surface area contributed by atoms with Gasteiger partial charge in [0.1, 0.15) is 0 Å². The third-order valence-corrected chi connectivity index (χ3v) is 3.55. The molecule has 1 aliphatic rings. The van der Waals surface area contributed by atoms with Crippen LogP contribution in [0.25, 0.3) is 0 Å². The summed E-state index contributed by atoms with van der Waals surface area (Å²) >= 11 is 4.52. The highest BCUT2D eigenvalue weighted by atomic mass is 32.1. The van der Waals surface area contributed by atoms with Crippen LogP contribution < -0.4 is 4.90 Å². The number of benzene rings is 1. The number of hydrogen-bond acceptors (Lipinski definition) is 2. The van der Waals surface area contributed by atoms with Gasteiger partial charge in [0.2, 0.25) is 5.91 Å². The lowest BCUT2D eigenvalue weighted by atomic mass is 9.93. The Morgan fingerprint density at radius 3 is 2.53 bits per heavy atom. The molecule has 1 aliphatic heterocycles. The largest absolute Gasteiger partial charge is 0.310 e. The van der Waals surface area contributed by atoms with Gasteiger partial charge in [0, 0.05) is 23.4 Å². The Morgan fingerprint density at radius 2 is 1.94 bits per heavy atom. The predicted molar refractivity (Wildman–Crippen MR) is 74.8 cm³/mol. The van der Waals surface area contributed by atoms with E-state index in [9.17, 15) is 4.79 Å². The molecule has 2 nitrogen and oxygen atoms in total. The van der Waals surface area contributed by atoms with Gasteiger partial charge in [-0.3, -0.25) is 4.79 Å². The van der Waals surface area contributed by atoms with Crippen LogP contribution in [0.1, 0.15) is 43.6 Å². The first-order chi connectivity index (χ1) is 8.02. The molecule has 0 fully saturated rings. The number of thiol groups is 1. The van der Waals surface area contributed by atoms with E-state index in [2.05, 4.69) is 39.5 Å². The Labute approximate surface area is 108 Å². The Balaban J connectivity index is 2.54. The summed E-state index contributed by atoms with van der Waals surface area (Å²) < 4.78 is 0. The van der Waals surface area contributed by atoms with E-state index in [4.69, 9.17) is 0 Å². The van der Waals surface area contributed by atoms with E-state index in [0.29, 0.717) is 6.42 Å². The summed E-state index contributed by atoms with van der Waals surface area (Å²) in [6, 6.07) is 6.40. The van der Waals surface area contributed by atoms with Gasteiger partial charge in [0.25, 0.3) is 0 Å². The maximum atomic E-state index is 12.0. The van der Waals surface area contributed by atoms with E-state index in [1.165, 1.54) is 11.1 Å². The summed E-state index contributed by atoms with van der Waals surface area (Å²) in [4.78, 5) is 13.9. The van der Waals surface area contributed by atoms with E-state index in [1.807, 2.05) is 17.0 Å². The predicted octanol–water partition coefficient (Wildman–Crippen LogP) is 3.37. The van der Waals surface area contributed by atoms with Crippen molar-refractivity contribution in [2.24, 2.45) is 0 Å². The maximum absolute atomic E-state index is 12.0. The van der Waals surface area contributed by atoms with Crippen LogP contribution in [0.3, 0.4) is 0 Å². The van der Waals surface area contributed by atoms with Crippen LogP contribution in [-0.2, 0) is 11.2 Å². The van der Waals surface area contributed by atoms with Crippen LogP contribution in [0.5, 0.6) is 0 Å². The molecule has 0 radical (unpaired) electrons. The summed E-state index contributed by atoms with van der Waals surface area (Å²) in [5.41, 5.74) is 3.63. The van der Waals surface area contributed by atoms with Crippen molar-refractivity contribution in [2.45, 2.75) is 44.9 Å². The number of fused-ring (bicyclic) bond motifs is 1. The Morgan fingerprint density at radius 1 is 1.24 bits per heavy atom. The maximum Gasteiger partial charge on any atom is 0.227 e. The smallest absolute Gasteiger partial charge is 0.227 e. The molecule has 92 valence electrons. The number of carbonyl (C=O) groups excluding carboxylic acids is 1. The van der Waals surface area contributed by atoms with Gasteiger partial charge in [-0.05, 0) is 44.4 Å². The SMILES string of the molecule is CC(S)c1cccc2c1CCC(=O)N2C(C)C. The number of hydrogen-bond donors (Lipinski definition) is 1. The van der Waals surface area contributed by atoms with E-state index >= 15 is 0 Å². The zero-order chi connectivity index (χ0) is 12.6. The van der Waals surface area contributed by atoms with E-state index < -0.39 is 0 Å². The van der Waals surface area contributed by atoms with Crippen molar-refractivity contribution in [2.75, 3.05) is 4.90 Å². The Hall–Kier alpha value is -0.960. The number of nitrogens with zero attached hydrogens (tertiary/aromatic N) is 1. The molecular weight excluding hydrogens is 230 g/mol. The van der Waals surface area contributed by atoms with Crippen molar-refractivity contribution < 1.29 is 4.79 Å². The van der Waals surface area contributed by atoms with Gasteiger partial charge in [-0.25, -0.2) is 0 Å². The van der Waals surface area contributed by atoms with Crippen molar-refractivity contribution in [3.8, 4) is 0 Å². The fourth-order valence-corrected chi connectivity index (χ4v) is 2.78. The topological polar surface area (TPSA) is 20.3 Å². The van der Waals surface area contributed by atoms with E-state index in [-0.39, 0.29) is 17.2 Å². The quantitative estimate of drug-likeness (QED) is 0.797. The molecule has 0 spiro atoms. The van der Waals surface area contributed by atoms with Crippen molar-refractivity contribution >= 4 is 24.2 Å². The first kappa shape index (κ1) is 12.5. The molecule has 0 aromatic heterocycles. The fourth-order valence-electron chi connectivity index (χ4n) is 2.53. The summed E-state index contributed by atoms with van der Waals surface area (Å²) in [6.45, 7) is 6.20. The van der Waals surface area contributed by atoms with Gasteiger partial charge in [-0.2, -0.15) is 12.6 Å². The molecule has 0 saturated carbocycles. The molecule has 1 aromatic carbocycles. The second-order valence-corrected chi connectivity index (χ2v) is 5.65. The lowest BCUT2D eigenvalue weighted by Crippen LogP contribution is -2.40. The monoisotopic (exact) mass is 249 g/mol. The van der Waals surface area contributed by atoms with Gasteiger partial charge < -0.3 is 4.90 Å².